The topological polar surface area (TPSA) is 90.7 Å². The third-order valence-corrected chi connectivity index (χ3v) is 4.54. The molecule has 1 aliphatic heterocycles. The van der Waals surface area contributed by atoms with E-state index in [9.17, 15) is 8.42 Å². The van der Waals surface area contributed by atoms with Gasteiger partial charge in [0.05, 0.1) is 31.7 Å². The minimum Gasteiger partial charge on any atom is -0.389 e. The fourth-order valence-corrected chi connectivity index (χ4v) is 3.25. The Labute approximate surface area is 129 Å². The molecule has 1 fully saturated rings. The van der Waals surface area contributed by atoms with Crippen molar-refractivity contribution in [2.75, 3.05) is 26.4 Å². The highest BCUT2D eigenvalue weighted by Crippen LogP contribution is 2.09. The molecule has 0 saturated carbocycles. The molecule has 21 heavy (non-hydrogen) atoms. The molecule has 6 nitrogen and oxygen atoms in total. The van der Waals surface area contributed by atoms with Crippen LogP contribution in [0.25, 0.3) is 0 Å². The van der Waals surface area contributed by atoms with E-state index in [4.69, 9.17) is 27.4 Å². The van der Waals surface area contributed by atoms with Crippen LogP contribution in [0.4, 0.5) is 0 Å². The number of nitrogens with one attached hydrogen (secondary N) is 1. The zero-order valence-electron chi connectivity index (χ0n) is 11.4. The van der Waals surface area contributed by atoms with Gasteiger partial charge in [-0.15, -0.1) is 0 Å². The molecule has 1 aliphatic rings. The van der Waals surface area contributed by atoms with Crippen molar-refractivity contribution in [3.63, 3.8) is 0 Å². The van der Waals surface area contributed by atoms with E-state index in [0.29, 0.717) is 30.9 Å². The molecule has 1 aromatic rings. The largest absolute Gasteiger partial charge is 0.389 e. The Kier molecular flexibility index (Phi) is 5.65. The van der Waals surface area contributed by atoms with Gasteiger partial charge in [0.15, 0.2) is 0 Å². The van der Waals surface area contributed by atoms with Crippen LogP contribution in [0.5, 0.6) is 0 Å². The van der Waals surface area contributed by atoms with Gasteiger partial charge in [0.1, 0.15) is 4.99 Å². The van der Waals surface area contributed by atoms with Gasteiger partial charge in [0.2, 0.25) is 10.0 Å². The first kappa shape index (κ1) is 16.3. The molecule has 0 amide bonds. The van der Waals surface area contributed by atoms with Gasteiger partial charge in [0, 0.05) is 12.1 Å². The van der Waals surface area contributed by atoms with Gasteiger partial charge in [-0.3, -0.25) is 0 Å². The number of thiocarbonyl (C=S) groups is 1. The van der Waals surface area contributed by atoms with Crippen LogP contribution in [-0.4, -0.2) is 45.9 Å². The van der Waals surface area contributed by atoms with Crippen molar-refractivity contribution in [2.24, 2.45) is 5.73 Å². The van der Waals surface area contributed by atoms with Crippen LogP contribution < -0.4 is 10.5 Å². The number of hydrogen-bond acceptors (Lipinski definition) is 5. The second-order valence-electron chi connectivity index (χ2n) is 4.74. The summed E-state index contributed by atoms with van der Waals surface area (Å²) in [5, 5.41) is 0. The van der Waals surface area contributed by atoms with Crippen molar-refractivity contribution in [1.82, 2.24) is 4.72 Å². The van der Waals surface area contributed by atoms with Crippen molar-refractivity contribution < 1.29 is 17.9 Å². The molecule has 0 radical (unpaired) electrons. The monoisotopic (exact) mass is 330 g/mol. The van der Waals surface area contributed by atoms with Crippen molar-refractivity contribution in [1.29, 1.82) is 0 Å². The zero-order valence-corrected chi connectivity index (χ0v) is 13.1. The van der Waals surface area contributed by atoms with E-state index >= 15 is 0 Å². The maximum Gasteiger partial charge on any atom is 0.215 e. The Hall–Kier alpha value is -1.06. The third kappa shape index (κ3) is 5.33. The van der Waals surface area contributed by atoms with E-state index in [1.54, 1.807) is 24.3 Å². The fraction of sp³-hybridized carbons (Fsp3) is 0.462. The predicted octanol–water partition coefficient (Wildman–Crippen LogP) is 0.156. The van der Waals surface area contributed by atoms with E-state index in [1.807, 2.05) is 0 Å². The normalized spacial score (nSPS) is 19.3. The first-order valence-corrected chi connectivity index (χ1v) is 8.58. The van der Waals surface area contributed by atoms with E-state index in [1.165, 1.54) is 0 Å². The molecule has 116 valence electrons. The molecule has 1 unspecified atom stereocenters. The molecule has 1 heterocycles. The Balaban J connectivity index is 1.93. The summed E-state index contributed by atoms with van der Waals surface area (Å²) in [4.78, 5) is 0.245. The van der Waals surface area contributed by atoms with Gasteiger partial charge in [-0.2, -0.15) is 0 Å². The molecule has 8 heteroatoms. The Morgan fingerprint density at radius 2 is 2.24 bits per heavy atom. The molecule has 2 rings (SSSR count). The standard InChI is InChI=1S/C13H18N2O4S2/c14-13(20)11-3-1-2-10(6-11)9-21(16,17)15-7-12-8-18-4-5-19-12/h1-3,6,12,15H,4-5,7-9H2,(H2,14,20). The molecule has 0 bridgehead atoms. The quantitative estimate of drug-likeness (QED) is 0.722. The summed E-state index contributed by atoms with van der Waals surface area (Å²) in [6.45, 7) is 1.65. The average Bonchev–Trinajstić information content (AvgIpc) is 2.46. The summed E-state index contributed by atoms with van der Waals surface area (Å²) in [7, 11) is -3.45. The molecule has 1 atom stereocenters. The lowest BCUT2D eigenvalue weighted by Crippen LogP contribution is -2.40. The summed E-state index contributed by atoms with van der Waals surface area (Å²) in [5.74, 6) is -0.128. The van der Waals surface area contributed by atoms with Crippen LogP contribution >= 0.6 is 12.2 Å². The van der Waals surface area contributed by atoms with Crippen molar-refractivity contribution in [2.45, 2.75) is 11.9 Å². The number of benzene rings is 1. The lowest BCUT2D eigenvalue weighted by atomic mass is 10.1. The Bertz CT molecular complexity index is 598. The van der Waals surface area contributed by atoms with Gasteiger partial charge in [-0.25, -0.2) is 13.1 Å². The molecule has 0 spiro atoms. The second-order valence-corrected chi connectivity index (χ2v) is 6.99. The maximum absolute atomic E-state index is 12.1. The highest BCUT2D eigenvalue weighted by molar-refractivity contribution is 7.88. The highest BCUT2D eigenvalue weighted by Gasteiger charge is 2.18. The Morgan fingerprint density at radius 1 is 1.43 bits per heavy atom. The second kappa shape index (κ2) is 7.28. The van der Waals surface area contributed by atoms with Crippen molar-refractivity contribution in [3.05, 3.63) is 35.4 Å². The molecule has 3 N–H and O–H groups in total. The van der Waals surface area contributed by atoms with Gasteiger partial charge in [-0.1, -0.05) is 30.4 Å². The minimum atomic E-state index is -3.45. The molecule has 1 aromatic carbocycles. The summed E-state index contributed by atoms with van der Waals surface area (Å²) < 4.78 is 37.2. The fourth-order valence-electron chi connectivity index (χ4n) is 1.96. The van der Waals surface area contributed by atoms with Crippen LogP contribution in [0.1, 0.15) is 11.1 Å². The summed E-state index contributed by atoms with van der Waals surface area (Å²) in [5.41, 5.74) is 6.83. The molecule has 1 saturated heterocycles. The van der Waals surface area contributed by atoms with Crippen LogP contribution in [0.3, 0.4) is 0 Å². The van der Waals surface area contributed by atoms with Gasteiger partial charge < -0.3 is 15.2 Å². The van der Waals surface area contributed by atoms with E-state index < -0.39 is 10.0 Å². The lowest BCUT2D eigenvalue weighted by molar-refractivity contribution is -0.0847. The maximum atomic E-state index is 12.1. The third-order valence-electron chi connectivity index (χ3n) is 2.98. The smallest absolute Gasteiger partial charge is 0.215 e. The first-order valence-electron chi connectivity index (χ1n) is 6.52. The van der Waals surface area contributed by atoms with Crippen LogP contribution in [-0.2, 0) is 25.2 Å². The van der Waals surface area contributed by atoms with Crippen LogP contribution in [0, 0.1) is 0 Å². The van der Waals surface area contributed by atoms with E-state index in [0.717, 1.165) is 0 Å². The molecular formula is C13H18N2O4S2. The van der Waals surface area contributed by atoms with E-state index in [2.05, 4.69) is 4.72 Å². The van der Waals surface area contributed by atoms with Crippen molar-refractivity contribution >= 4 is 27.2 Å². The zero-order chi connectivity index (χ0) is 15.3. The summed E-state index contributed by atoms with van der Waals surface area (Å²) in [6, 6.07) is 6.89. The van der Waals surface area contributed by atoms with Crippen molar-refractivity contribution in [3.8, 4) is 0 Å². The SMILES string of the molecule is NC(=S)c1cccc(CS(=O)(=O)NCC2COCCO2)c1. The Morgan fingerprint density at radius 3 is 2.90 bits per heavy atom. The lowest BCUT2D eigenvalue weighted by Gasteiger charge is -2.23. The van der Waals surface area contributed by atoms with E-state index in [-0.39, 0.29) is 23.4 Å². The number of sulfonamides is 1. The van der Waals surface area contributed by atoms with Gasteiger partial charge in [0.25, 0.3) is 0 Å². The van der Waals surface area contributed by atoms with Crippen LogP contribution in [0.15, 0.2) is 24.3 Å². The summed E-state index contributed by atoms with van der Waals surface area (Å²) >= 11 is 4.88. The first-order chi connectivity index (χ1) is 9.96. The van der Waals surface area contributed by atoms with Gasteiger partial charge in [-0.05, 0) is 11.6 Å². The summed E-state index contributed by atoms with van der Waals surface area (Å²) in [6.07, 6.45) is -0.239. The average molecular weight is 330 g/mol. The molecular weight excluding hydrogens is 312 g/mol. The molecule has 0 aliphatic carbocycles. The highest BCUT2D eigenvalue weighted by atomic mass is 32.2. The number of rotatable bonds is 6. The van der Waals surface area contributed by atoms with Gasteiger partial charge >= 0.3 is 0 Å². The minimum absolute atomic E-state index is 0.128. The number of ether oxygens (including phenoxy) is 2. The number of nitrogens with two attached hydrogens (primary N) is 1. The number of hydrogen-bond donors (Lipinski definition) is 2. The molecule has 0 aromatic heterocycles. The van der Waals surface area contributed by atoms with Crippen LogP contribution in [0.2, 0.25) is 0 Å². The predicted molar refractivity (Wildman–Crippen MR) is 83.5 cm³/mol.